The molecule has 0 spiro atoms. The fourth-order valence-corrected chi connectivity index (χ4v) is 9.41. The molecule has 40 heavy (non-hydrogen) atoms. The smallest absolute Gasteiger partial charge is 0.338 e. The van der Waals surface area contributed by atoms with Gasteiger partial charge in [0.05, 0.1) is 18.8 Å². The second-order valence-electron chi connectivity index (χ2n) is 13.3. The van der Waals surface area contributed by atoms with Crippen molar-refractivity contribution in [2.75, 3.05) is 33.7 Å². The molecule has 5 rings (SSSR count). The van der Waals surface area contributed by atoms with E-state index >= 15 is 0 Å². The molecule has 0 amide bonds. The summed E-state index contributed by atoms with van der Waals surface area (Å²) in [5.41, 5.74) is 1.16. The standard InChI is InChI=1S/C33H48O7/c1-22(39-31(35)23-8-6-5-7-9-23)27-10-11-28-26-19-24-18-25(40-30(34)20-38-21-37-17-16-36-4)12-14-32(24,2)29(26)13-15-33(27,28)3/h5-9,22,24-29H,10-21H2,1-4H3/t22-,24-,25-,26+,27-,28+,29+,32+,33-/m1/s1. The number of methoxy groups -OCH3 is 1. The first-order valence-corrected chi connectivity index (χ1v) is 15.4. The van der Waals surface area contributed by atoms with E-state index in [0.717, 1.165) is 31.6 Å². The lowest BCUT2D eigenvalue weighted by atomic mass is 9.54. The quantitative estimate of drug-likeness (QED) is 0.186. The van der Waals surface area contributed by atoms with E-state index in [1.807, 2.05) is 30.3 Å². The number of hydrogen-bond acceptors (Lipinski definition) is 7. The minimum atomic E-state index is -0.301. The molecule has 0 heterocycles. The maximum absolute atomic E-state index is 12.8. The summed E-state index contributed by atoms with van der Waals surface area (Å²) in [5, 5.41) is 0. The number of hydrogen-bond donors (Lipinski definition) is 0. The van der Waals surface area contributed by atoms with Crippen LogP contribution in [0.5, 0.6) is 0 Å². The summed E-state index contributed by atoms with van der Waals surface area (Å²) in [6.45, 7) is 8.03. The van der Waals surface area contributed by atoms with Gasteiger partial charge in [-0.3, -0.25) is 0 Å². The van der Waals surface area contributed by atoms with Gasteiger partial charge >= 0.3 is 11.9 Å². The highest BCUT2D eigenvalue weighted by atomic mass is 16.7. The molecule has 0 saturated heterocycles. The average Bonchev–Trinajstić information content (AvgIpc) is 3.45. The Bertz CT molecular complexity index is 1010. The molecular weight excluding hydrogens is 508 g/mol. The zero-order valence-corrected chi connectivity index (χ0v) is 24.8. The third-order valence-corrected chi connectivity index (χ3v) is 11.4. The Morgan fingerprint density at radius 1 is 0.925 bits per heavy atom. The van der Waals surface area contributed by atoms with Crippen molar-refractivity contribution in [3.8, 4) is 0 Å². The zero-order valence-electron chi connectivity index (χ0n) is 24.8. The van der Waals surface area contributed by atoms with Crippen molar-refractivity contribution >= 4 is 11.9 Å². The molecule has 0 aliphatic heterocycles. The molecule has 0 radical (unpaired) electrons. The molecule has 0 bridgehead atoms. The monoisotopic (exact) mass is 556 g/mol. The fourth-order valence-electron chi connectivity index (χ4n) is 9.41. The van der Waals surface area contributed by atoms with Crippen LogP contribution in [0.3, 0.4) is 0 Å². The van der Waals surface area contributed by atoms with Crippen molar-refractivity contribution in [2.24, 2.45) is 40.4 Å². The van der Waals surface area contributed by atoms with Gasteiger partial charge in [-0.15, -0.1) is 0 Å². The summed E-state index contributed by atoms with van der Waals surface area (Å²) in [4.78, 5) is 25.2. The third-order valence-electron chi connectivity index (χ3n) is 11.4. The molecule has 222 valence electrons. The number of rotatable bonds is 11. The minimum Gasteiger partial charge on any atom is -0.461 e. The Hall–Kier alpha value is -1.96. The number of ether oxygens (including phenoxy) is 5. The van der Waals surface area contributed by atoms with Crippen LogP contribution in [0.1, 0.15) is 82.5 Å². The molecule has 1 aromatic rings. The fraction of sp³-hybridized carbons (Fsp3) is 0.758. The minimum absolute atomic E-state index is 0.0242. The number of esters is 2. The molecule has 1 aromatic carbocycles. The van der Waals surface area contributed by atoms with E-state index in [2.05, 4.69) is 20.8 Å². The highest BCUT2D eigenvalue weighted by molar-refractivity contribution is 5.89. The molecule has 0 N–H and O–H groups in total. The van der Waals surface area contributed by atoms with Crippen molar-refractivity contribution < 1.29 is 33.3 Å². The summed E-state index contributed by atoms with van der Waals surface area (Å²) in [6.07, 6.45) is 8.94. The molecule has 7 heteroatoms. The van der Waals surface area contributed by atoms with Gasteiger partial charge in [0.2, 0.25) is 0 Å². The van der Waals surface area contributed by atoms with Gasteiger partial charge in [0, 0.05) is 13.0 Å². The van der Waals surface area contributed by atoms with Crippen molar-refractivity contribution in [3.05, 3.63) is 35.9 Å². The van der Waals surface area contributed by atoms with Crippen molar-refractivity contribution in [1.29, 1.82) is 0 Å². The zero-order chi connectivity index (χ0) is 28.3. The molecule has 0 unspecified atom stereocenters. The van der Waals surface area contributed by atoms with Crippen molar-refractivity contribution in [2.45, 2.75) is 84.3 Å². The average molecular weight is 557 g/mol. The second-order valence-corrected chi connectivity index (χ2v) is 13.3. The predicted molar refractivity (Wildman–Crippen MR) is 150 cm³/mol. The van der Waals surface area contributed by atoms with Gasteiger partial charge in [-0.1, -0.05) is 32.0 Å². The Labute approximate surface area is 239 Å². The molecule has 0 aromatic heterocycles. The number of benzene rings is 1. The highest BCUT2D eigenvalue weighted by Crippen LogP contribution is 2.70. The van der Waals surface area contributed by atoms with Crippen LogP contribution in [0.25, 0.3) is 0 Å². The lowest BCUT2D eigenvalue weighted by Gasteiger charge is -2.51. The number of carbonyl (C=O) groups is 2. The van der Waals surface area contributed by atoms with Crippen LogP contribution < -0.4 is 0 Å². The van der Waals surface area contributed by atoms with Crippen LogP contribution in [0.2, 0.25) is 0 Å². The molecule has 7 nitrogen and oxygen atoms in total. The summed E-state index contributed by atoms with van der Waals surface area (Å²) >= 11 is 0. The maximum atomic E-state index is 12.8. The van der Waals surface area contributed by atoms with Gasteiger partial charge in [-0.05, 0) is 105 Å². The van der Waals surface area contributed by atoms with Crippen molar-refractivity contribution in [1.82, 2.24) is 0 Å². The molecule has 4 fully saturated rings. The van der Waals surface area contributed by atoms with Crippen LogP contribution >= 0.6 is 0 Å². The van der Waals surface area contributed by atoms with Crippen LogP contribution in [0.4, 0.5) is 0 Å². The molecule has 4 aliphatic carbocycles. The summed E-state index contributed by atoms with van der Waals surface area (Å²) in [7, 11) is 1.62. The van der Waals surface area contributed by atoms with Gasteiger partial charge in [0.1, 0.15) is 25.6 Å². The lowest BCUT2D eigenvalue weighted by Crippen LogP contribution is -2.46. The lowest BCUT2D eigenvalue weighted by molar-refractivity contribution is -0.164. The largest absolute Gasteiger partial charge is 0.461 e. The normalized spacial score (nSPS) is 37.2. The Balaban J connectivity index is 1.16. The van der Waals surface area contributed by atoms with E-state index in [4.69, 9.17) is 23.7 Å². The van der Waals surface area contributed by atoms with Crippen LogP contribution in [-0.2, 0) is 28.5 Å². The number of fused-ring (bicyclic) bond motifs is 5. The highest BCUT2D eigenvalue weighted by Gasteiger charge is 2.63. The van der Waals surface area contributed by atoms with Gasteiger partial charge in [-0.2, -0.15) is 0 Å². The first kappa shape index (κ1) is 29.5. The topological polar surface area (TPSA) is 80.3 Å². The first-order valence-electron chi connectivity index (χ1n) is 15.4. The summed E-state index contributed by atoms with van der Waals surface area (Å²) in [5.74, 6) is 2.58. The summed E-state index contributed by atoms with van der Waals surface area (Å²) < 4.78 is 27.4. The van der Waals surface area contributed by atoms with Crippen LogP contribution in [0.15, 0.2) is 30.3 Å². The Kier molecular flexibility index (Phi) is 9.23. The van der Waals surface area contributed by atoms with Gasteiger partial charge in [0.15, 0.2) is 0 Å². The predicted octanol–water partition coefficient (Wildman–Crippen LogP) is 6.05. The number of carbonyl (C=O) groups excluding carboxylic acids is 2. The summed E-state index contributed by atoms with van der Waals surface area (Å²) in [6, 6.07) is 9.35. The first-order chi connectivity index (χ1) is 19.3. The van der Waals surface area contributed by atoms with Crippen molar-refractivity contribution in [3.63, 3.8) is 0 Å². The van der Waals surface area contributed by atoms with E-state index in [9.17, 15) is 9.59 Å². The SMILES string of the molecule is COCCOCOCC(=O)O[C@@H]1CC[C@@]2(C)[C@H](C1)C[C@@H]1[C@@H]2CC[C@]2(C)[C@@H]([C@@H](C)OC(=O)c3ccccc3)CC[C@@H]12. The van der Waals surface area contributed by atoms with E-state index in [0.29, 0.717) is 47.9 Å². The Morgan fingerprint density at radius 2 is 1.68 bits per heavy atom. The van der Waals surface area contributed by atoms with E-state index in [1.54, 1.807) is 7.11 Å². The van der Waals surface area contributed by atoms with E-state index in [-0.39, 0.29) is 43.0 Å². The van der Waals surface area contributed by atoms with Gasteiger partial charge in [-0.25, -0.2) is 9.59 Å². The maximum Gasteiger partial charge on any atom is 0.338 e. The Morgan fingerprint density at radius 3 is 2.45 bits per heavy atom. The molecular formula is C33H48O7. The second kappa shape index (κ2) is 12.5. The van der Waals surface area contributed by atoms with E-state index < -0.39 is 0 Å². The molecule has 4 saturated carbocycles. The third kappa shape index (κ3) is 5.84. The van der Waals surface area contributed by atoms with Gasteiger partial charge in [0.25, 0.3) is 0 Å². The molecule has 9 atom stereocenters. The van der Waals surface area contributed by atoms with Crippen LogP contribution in [0, 0.1) is 40.4 Å². The molecule has 4 aliphatic rings. The van der Waals surface area contributed by atoms with Crippen LogP contribution in [-0.4, -0.2) is 57.9 Å². The van der Waals surface area contributed by atoms with E-state index in [1.165, 1.54) is 25.7 Å². The van der Waals surface area contributed by atoms with Gasteiger partial charge < -0.3 is 23.7 Å².